The third kappa shape index (κ3) is 5.00. The monoisotopic (exact) mass is 412 g/mol. The van der Waals surface area contributed by atoms with E-state index in [1.54, 1.807) is 47.4 Å². The van der Waals surface area contributed by atoms with Crippen molar-refractivity contribution in [3.05, 3.63) is 69.2 Å². The molecule has 3 rings (SSSR count). The van der Waals surface area contributed by atoms with Gasteiger partial charge in [-0.2, -0.15) is 0 Å². The molecule has 150 valence electrons. The number of anilines is 1. The fourth-order valence-corrected chi connectivity index (χ4v) is 3.19. The van der Waals surface area contributed by atoms with Gasteiger partial charge in [0.2, 0.25) is 5.91 Å². The molecule has 0 saturated carbocycles. The number of hydrogen-bond acceptors (Lipinski definition) is 4. The van der Waals surface area contributed by atoms with Crippen LogP contribution in [0.1, 0.15) is 36.5 Å². The van der Waals surface area contributed by atoms with Crippen LogP contribution in [-0.4, -0.2) is 33.2 Å². The summed E-state index contributed by atoms with van der Waals surface area (Å²) in [5.41, 5.74) is 1.32. The molecule has 0 aliphatic rings. The summed E-state index contributed by atoms with van der Waals surface area (Å²) in [4.78, 5) is 45.3. The van der Waals surface area contributed by atoms with E-state index in [2.05, 4.69) is 15.3 Å². The van der Waals surface area contributed by atoms with Crippen molar-refractivity contribution in [1.29, 1.82) is 0 Å². The van der Waals surface area contributed by atoms with Gasteiger partial charge in [0.15, 0.2) is 0 Å². The number of carbonyl (C=O) groups is 2. The largest absolute Gasteiger partial charge is 0.331 e. The van der Waals surface area contributed by atoms with Crippen LogP contribution in [0.2, 0.25) is 5.02 Å². The van der Waals surface area contributed by atoms with Gasteiger partial charge in [-0.25, -0.2) is 4.98 Å². The zero-order valence-corrected chi connectivity index (χ0v) is 16.9. The average molecular weight is 413 g/mol. The Morgan fingerprint density at radius 1 is 1.17 bits per heavy atom. The highest BCUT2D eigenvalue weighted by atomic mass is 35.5. The first-order chi connectivity index (χ1) is 13.9. The van der Waals surface area contributed by atoms with Crippen LogP contribution in [0.25, 0.3) is 10.9 Å². The van der Waals surface area contributed by atoms with Crippen molar-refractivity contribution in [3.63, 3.8) is 0 Å². The van der Waals surface area contributed by atoms with Gasteiger partial charge in [0.1, 0.15) is 5.82 Å². The van der Waals surface area contributed by atoms with Crippen LogP contribution in [0, 0.1) is 0 Å². The van der Waals surface area contributed by atoms with Crippen molar-refractivity contribution in [2.45, 2.75) is 26.8 Å². The summed E-state index contributed by atoms with van der Waals surface area (Å²) < 4.78 is 0. The van der Waals surface area contributed by atoms with Crippen LogP contribution >= 0.6 is 11.6 Å². The van der Waals surface area contributed by atoms with Crippen LogP contribution in [0.5, 0.6) is 0 Å². The van der Waals surface area contributed by atoms with E-state index >= 15 is 0 Å². The van der Waals surface area contributed by atoms with Crippen LogP contribution in [-0.2, 0) is 11.3 Å². The van der Waals surface area contributed by atoms with E-state index in [9.17, 15) is 14.4 Å². The van der Waals surface area contributed by atoms with E-state index in [-0.39, 0.29) is 23.9 Å². The minimum Gasteiger partial charge on any atom is -0.331 e. The second-order valence-electron chi connectivity index (χ2n) is 6.66. The summed E-state index contributed by atoms with van der Waals surface area (Å²) in [6.07, 6.45) is 0.749. The first-order valence-corrected chi connectivity index (χ1v) is 9.60. The summed E-state index contributed by atoms with van der Waals surface area (Å²) in [6, 6.07) is 11.6. The minimum absolute atomic E-state index is 0.164. The lowest BCUT2D eigenvalue weighted by Crippen LogP contribution is -2.32. The molecule has 3 aromatic rings. The Labute approximate surface area is 172 Å². The second kappa shape index (κ2) is 8.87. The Morgan fingerprint density at radius 3 is 2.55 bits per heavy atom. The van der Waals surface area contributed by atoms with Crippen molar-refractivity contribution in [3.8, 4) is 0 Å². The number of benzene rings is 2. The van der Waals surface area contributed by atoms with E-state index in [0.717, 1.165) is 6.42 Å². The van der Waals surface area contributed by atoms with Crippen LogP contribution in [0.4, 0.5) is 5.69 Å². The van der Waals surface area contributed by atoms with Gasteiger partial charge in [-0.05, 0) is 48.9 Å². The van der Waals surface area contributed by atoms with Gasteiger partial charge in [-0.1, -0.05) is 18.5 Å². The number of nitrogens with zero attached hydrogens (tertiary/aromatic N) is 2. The molecule has 2 N–H and O–H groups in total. The number of fused-ring (bicyclic) bond motifs is 1. The Hall–Kier alpha value is -3.19. The Balaban J connectivity index is 1.86. The Morgan fingerprint density at radius 2 is 1.90 bits per heavy atom. The van der Waals surface area contributed by atoms with Gasteiger partial charge in [0.05, 0.1) is 17.4 Å². The lowest BCUT2D eigenvalue weighted by atomic mass is 10.1. The normalized spacial score (nSPS) is 10.7. The predicted octanol–water partition coefficient (Wildman–Crippen LogP) is 3.59. The molecule has 0 spiro atoms. The molecule has 1 heterocycles. The van der Waals surface area contributed by atoms with E-state index in [4.69, 9.17) is 11.6 Å². The summed E-state index contributed by atoms with van der Waals surface area (Å²) in [6.45, 7) is 4.06. The van der Waals surface area contributed by atoms with E-state index < -0.39 is 0 Å². The van der Waals surface area contributed by atoms with Gasteiger partial charge in [-0.15, -0.1) is 0 Å². The first-order valence-electron chi connectivity index (χ1n) is 9.22. The summed E-state index contributed by atoms with van der Waals surface area (Å²) in [5, 5.41) is 3.60. The standard InChI is InChI=1S/C21H21ClN4O3/c1-3-10-26(21(29)14-4-7-16(8-5-14)23-13(2)27)12-19-24-18-11-15(22)6-9-17(18)20(28)25-19/h4-9,11H,3,10,12H2,1-2H3,(H,23,27)(H,24,25,28). The smallest absolute Gasteiger partial charge is 0.258 e. The first kappa shape index (κ1) is 20.5. The Bertz CT molecular complexity index is 1110. The van der Waals surface area contributed by atoms with Crippen LogP contribution < -0.4 is 10.9 Å². The zero-order chi connectivity index (χ0) is 21.0. The van der Waals surface area contributed by atoms with E-state index in [1.165, 1.54) is 6.92 Å². The van der Waals surface area contributed by atoms with Crippen LogP contribution in [0.15, 0.2) is 47.3 Å². The second-order valence-corrected chi connectivity index (χ2v) is 7.10. The molecular weight excluding hydrogens is 392 g/mol. The molecule has 7 nitrogen and oxygen atoms in total. The average Bonchev–Trinajstić information content (AvgIpc) is 2.67. The van der Waals surface area contributed by atoms with Crippen molar-refractivity contribution in [2.75, 3.05) is 11.9 Å². The SMILES string of the molecule is CCCN(Cc1nc2cc(Cl)ccc2c(=O)[nH]1)C(=O)c1ccc(NC(C)=O)cc1. The maximum absolute atomic E-state index is 13.0. The molecule has 0 bridgehead atoms. The van der Waals surface area contributed by atoms with Gasteiger partial charge in [-0.3, -0.25) is 14.4 Å². The van der Waals surface area contributed by atoms with Gasteiger partial charge in [0, 0.05) is 29.7 Å². The highest BCUT2D eigenvalue weighted by molar-refractivity contribution is 6.31. The molecule has 2 amide bonds. The van der Waals surface area contributed by atoms with Crippen molar-refractivity contribution in [2.24, 2.45) is 0 Å². The molecule has 8 heteroatoms. The van der Waals surface area contributed by atoms with Crippen molar-refractivity contribution >= 4 is 40.0 Å². The summed E-state index contributed by atoms with van der Waals surface area (Å²) in [7, 11) is 0. The van der Waals surface area contributed by atoms with Gasteiger partial charge in [0.25, 0.3) is 11.5 Å². The minimum atomic E-state index is -0.273. The number of amides is 2. The molecule has 0 unspecified atom stereocenters. The molecular formula is C21H21ClN4O3. The predicted molar refractivity (Wildman–Crippen MR) is 113 cm³/mol. The number of nitrogens with one attached hydrogen (secondary N) is 2. The molecule has 0 radical (unpaired) electrons. The van der Waals surface area contributed by atoms with Gasteiger partial charge >= 0.3 is 0 Å². The summed E-state index contributed by atoms with van der Waals surface area (Å²) >= 11 is 6.01. The maximum atomic E-state index is 13.0. The molecule has 29 heavy (non-hydrogen) atoms. The number of aromatic amines is 1. The number of halogens is 1. The molecule has 0 aliphatic heterocycles. The third-order valence-corrected chi connectivity index (χ3v) is 4.53. The maximum Gasteiger partial charge on any atom is 0.258 e. The van der Waals surface area contributed by atoms with Crippen molar-refractivity contribution < 1.29 is 9.59 Å². The topological polar surface area (TPSA) is 95.2 Å². The quantitative estimate of drug-likeness (QED) is 0.646. The number of rotatable bonds is 6. The molecule has 2 aromatic carbocycles. The molecule has 1 aromatic heterocycles. The summed E-state index contributed by atoms with van der Waals surface area (Å²) in [5.74, 6) is 0.0274. The molecule has 0 fully saturated rings. The van der Waals surface area contributed by atoms with Crippen LogP contribution in [0.3, 0.4) is 0 Å². The fourth-order valence-electron chi connectivity index (χ4n) is 3.02. The van der Waals surface area contributed by atoms with Gasteiger partial charge < -0.3 is 15.2 Å². The van der Waals surface area contributed by atoms with Crippen molar-refractivity contribution in [1.82, 2.24) is 14.9 Å². The fraction of sp³-hybridized carbons (Fsp3) is 0.238. The highest BCUT2D eigenvalue weighted by Gasteiger charge is 2.17. The number of aromatic nitrogens is 2. The number of hydrogen-bond donors (Lipinski definition) is 2. The molecule has 0 aliphatic carbocycles. The lowest BCUT2D eigenvalue weighted by Gasteiger charge is -2.22. The lowest BCUT2D eigenvalue weighted by molar-refractivity contribution is -0.114. The zero-order valence-electron chi connectivity index (χ0n) is 16.2. The number of H-pyrrole nitrogens is 1. The molecule has 0 atom stereocenters. The van der Waals surface area contributed by atoms with E-state index in [0.29, 0.717) is 39.5 Å². The highest BCUT2D eigenvalue weighted by Crippen LogP contribution is 2.16. The molecule has 0 saturated heterocycles. The number of carbonyl (C=O) groups excluding carboxylic acids is 2. The third-order valence-electron chi connectivity index (χ3n) is 4.29. The van der Waals surface area contributed by atoms with E-state index in [1.807, 2.05) is 6.92 Å². The Kier molecular flexibility index (Phi) is 6.29.